The van der Waals surface area contributed by atoms with Gasteiger partial charge in [-0.2, -0.15) is 0 Å². The summed E-state index contributed by atoms with van der Waals surface area (Å²) in [6, 6.07) is 6.34. The Kier molecular flexibility index (Phi) is 6.20. The highest BCUT2D eigenvalue weighted by atomic mass is 16.4. The summed E-state index contributed by atoms with van der Waals surface area (Å²) in [6.07, 6.45) is 5.02. The SMILES string of the molecule is O=C(O)CC(c1ccc(=O)[nH]c1)N1CCN(CCCc2ccc3c(n2)NCCC3)C1=O. The molecule has 9 heteroatoms. The van der Waals surface area contributed by atoms with E-state index in [1.807, 2.05) is 0 Å². The van der Waals surface area contributed by atoms with Crippen LogP contribution in [0.3, 0.4) is 0 Å². The molecule has 2 aromatic heterocycles. The molecule has 1 fully saturated rings. The Labute approximate surface area is 180 Å². The average molecular weight is 425 g/mol. The van der Waals surface area contributed by atoms with Crippen molar-refractivity contribution in [2.75, 3.05) is 31.5 Å². The monoisotopic (exact) mass is 425 g/mol. The zero-order valence-corrected chi connectivity index (χ0v) is 17.3. The van der Waals surface area contributed by atoms with Gasteiger partial charge in [-0.15, -0.1) is 0 Å². The predicted molar refractivity (Wildman–Crippen MR) is 115 cm³/mol. The Hall–Kier alpha value is -3.36. The first-order chi connectivity index (χ1) is 15.0. The fraction of sp³-hybridized carbons (Fsp3) is 0.455. The van der Waals surface area contributed by atoms with Crippen LogP contribution >= 0.6 is 0 Å². The molecule has 1 saturated heterocycles. The van der Waals surface area contributed by atoms with Gasteiger partial charge in [-0.1, -0.05) is 12.1 Å². The minimum atomic E-state index is -0.991. The number of amides is 2. The van der Waals surface area contributed by atoms with Crippen LogP contribution in [0.15, 0.2) is 35.3 Å². The number of carboxylic acids is 1. The molecule has 1 unspecified atom stereocenters. The zero-order valence-electron chi connectivity index (χ0n) is 17.3. The Morgan fingerprint density at radius 1 is 1.19 bits per heavy atom. The van der Waals surface area contributed by atoms with Crippen LogP contribution in [0.1, 0.15) is 42.1 Å². The molecule has 2 aliphatic rings. The van der Waals surface area contributed by atoms with E-state index in [9.17, 15) is 19.5 Å². The van der Waals surface area contributed by atoms with Crippen LogP contribution in [-0.4, -0.2) is 63.1 Å². The van der Waals surface area contributed by atoms with Crippen molar-refractivity contribution >= 4 is 17.8 Å². The van der Waals surface area contributed by atoms with Gasteiger partial charge in [-0.25, -0.2) is 9.78 Å². The van der Waals surface area contributed by atoms with Crippen LogP contribution in [0.5, 0.6) is 0 Å². The molecule has 1 atom stereocenters. The maximum absolute atomic E-state index is 13.0. The van der Waals surface area contributed by atoms with Gasteiger partial charge in [0.1, 0.15) is 5.82 Å². The second kappa shape index (κ2) is 9.20. The number of anilines is 1. The van der Waals surface area contributed by atoms with Crippen molar-refractivity contribution in [3.05, 3.63) is 57.6 Å². The van der Waals surface area contributed by atoms with Gasteiger partial charge in [-0.05, 0) is 42.9 Å². The minimum absolute atomic E-state index is 0.169. The largest absolute Gasteiger partial charge is 0.481 e. The van der Waals surface area contributed by atoms with Gasteiger partial charge < -0.3 is 25.2 Å². The fourth-order valence-corrected chi connectivity index (χ4v) is 4.26. The number of aryl methyl sites for hydroxylation is 2. The topological polar surface area (TPSA) is 119 Å². The molecule has 0 saturated carbocycles. The van der Waals surface area contributed by atoms with E-state index in [4.69, 9.17) is 4.98 Å². The van der Waals surface area contributed by atoms with Gasteiger partial charge in [0.15, 0.2) is 0 Å². The molecule has 31 heavy (non-hydrogen) atoms. The smallest absolute Gasteiger partial charge is 0.320 e. The molecule has 0 spiro atoms. The first-order valence-electron chi connectivity index (χ1n) is 10.7. The molecule has 2 aromatic rings. The Morgan fingerprint density at radius 2 is 2.06 bits per heavy atom. The predicted octanol–water partition coefficient (Wildman–Crippen LogP) is 2.01. The number of aromatic amines is 1. The van der Waals surface area contributed by atoms with Crippen molar-refractivity contribution in [3.63, 3.8) is 0 Å². The lowest BCUT2D eigenvalue weighted by Crippen LogP contribution is -2.36. The first kappa shape index (κ1) is 20.9. The maximum Gasteiger partial charge on any atom is 0.320 e. The number of carbonyl (C=O) groups is 2. The molecule has 0 aromatic carbocycles. The number of aromatic nitrogens is 2. The lowest BCUT2D eigenvalue weighted by molar-refractivity contribution is -0.138. The van der Waals surface area contributed by atoms with Crippen LogP contribution < -0.4 is 10.9 Å². The minimum Gasteiger partial charge on any atom is -0.481 e. The molecular weight excluding hydrogens is 398 g/mol. The first-order valence-corrected chi connectivity index (χ1v) is 10.7. The van der Waals surface area contributed by atoms with Crippen LogP contribution in [0.2, 0.25) is 0 Å². The molecule has 0 aliphatic carbocycles. The average Bonchev–Trinajstić information content (AvgIpc) is 3.13. The van der Waals surface area contributed by atoms with Crippen LogP contribution in [0.4, 0.5) is 10.6 Å². The number of aliphatic carboxylic acids is 1. The molecule has 4 heterocycles. The van der Waals surface area contributed by atoms with Crippen molar-refractivity contribution in [1.29, 1.82) is 0 Å². The second-order valence-electron chi connectivity index (χ2n) is 8.01. The number of urea groups is 1. The van der Waals surface area contributed by atoms with Gasteiger partial charge in [0, 0.05) is 44.1 Å². The van der Waals surface area contributed by atoms with Crippen molar-refractivity contribution in [2.24, 2.45) is 0 Å². The normalized spacial score (nSPS) is 16.7. The van der Waals surface area contributed by atoms with E-state index < -0.39 is 12.0 Å². The number of nitrogens with zero attached hydrogens (tertiary/aromatic N) is 3. The number of rotatable bonds is 8. The summed E-state index contributed by atoms with van der Waals surface area (Å²) in [5, 5.41) is 12.7. The van der Waals surface area contributed by atoms with Crippen LogP contribution in [0, 0.1) is 0 Å². The number of pyridine rings is 2. The number of hydrogen-bond acceptors (Lipinski definition) is 5. The molecule has 2 amide bonds. The summed E-state index contributed by atoms with van der Waals surface area (Å²) in [5.74, 6) is -0.0147. The summed E-state index contributed by atoms with van der Waals surface area (Å²) >= 11 is 0. The Morgan fingerprint density at radius 3 is 2.84 bits per heavy atom. The molecule has 9 nitrogen and oxygen atoms in total. The van der Waals surface area contributed by atoms with E-state index in [-0.39, 0.29) is 18.0 Å². The Balaban J connectivity index is 1.36. The number of H-pyrrole nitrogens is 1. The number of fused-ring (bicyclic) bond motifs is 1. The number of carboxylic acid groups (broad SMARTS) is 1. The third kappa shape index (κ3) is 4.87. The van der Waals surface area contributed by atoms with Gasteiger partial charge in [0.2, 0.25) is 5.56 Å². The van der Waals surface area contributed by atoms with Crippen LogP contribution in [-0.2, 0) is 17.6 Å². The van der Waals surface area contributed by atoms with Crippen molar-refractivity contribution in [2.45, 2.75) is 38.1 Å². The van der Waals surface area contributed by atoms with Crippen LogP contribution in [0.25, 0.3) is 0 Å². The standard InChI is InChI=1S/C22H27N5O4/c28-19-8-6-16(14-24-19)18(13-20(29)30)27-12-11-26(22(27)31)10-2-4-17-7-5-15-3-1-9-23-21(15)25-17/h5-8,14,18H,1-4,9-13H2,(H,23,25)(H,24,28)(H,29,30). The summed E-state index contributed by atoms with van der Waals surface area (Å²) in [5.41, 5.74) is 2.61. The summed E-state index contributed by atoms with van der Waals surface area (Å²) < 4.78 is 0. The molecule has 0 radical (unpaired) electrons. The third-order valence-electron chi connectivity index (χ3n) is 5.88. The molecule has 164 valence electrons. The van der Waals surface area contributed by atoms with E-state index in [0.29, 0.717) is 25.2 Å². The fourth-order valence-electron chi connectivity index (χ4n) is 4.26. The lowest BCUT2D eigenvalue weighted by atomic mass is 10.0. The van der Waals surface area contributed by atoms with E-state index in [2.05, 4.69) is 22.4 Å². The van der Waals surface area contributed by atoms with Gasteiger partial charge in [0.05, 0.1) is 12.5 Å². The number of hydrogen-bond donors (Lipinski definition) is 3. The summed E-state index contributed by atoms with van der Waals surface area (Å²) in [4.78, 5) is 46.3. The lowest BCUT2D eigenvalue weighted by Gasteiger charge is -2.27. The molecule has 2 aliphatic heterocycles. The van der Waals surface area contributed by atoms with Crippen molar-refractivity contribution < 1.29 is 14.7 Å². The summed E-state index contributed by atoms with van der Waals surface area (Å²) in [6.45, 7) is 2.55. The molecule has 3 N–H and O–H groups in total. The third-order valence-corrected chi connectivity index (χ3v) is 5.88. The molecular formula is C22H27N5O4. The quantitative estimate of drug-likeness (QED) is 0.595. The van der Waals surface area contributed by atoms with E-state index >= 15 is 0 Å². The molecule has 4 rings (SSSR count). The Bertz CT molecular complexity index is 1000. The van der Waals surface area contributed by atoms with E-state index in [1.165, 1.54) is 17.8 Å². The highest BCUT2D eigenvalue weighted by Gasteiger charge is 2.35. The maximum atomic E-state index is 13.0. The van der Waals surface area contributed by atoms with Gasteiger partial charge in [0.25, 0.3) is 0 Å². The van der Waals surface area contributed by atoms with E-state index in [0.717, 1.165) is 43.7 Å². The molecule has 0 bridgehead atoms. The number of carbonyl (C=O) groups excluding carboxylic acids is 1. The summed E-state index contributed by atoms with van der Waals surface area (Å²) in [7, 11) is 0. The van der Waals surface area contributed by atoms with Gasteiger partial charge in [-0.3, -0.25) is 9.59 Å². The zero-order chi connectivity index (χ0) is 21.8. The highest BCUT2D eigenvalue weighted by molar-refractivity contribution is 5.78. The van der Waals surface area contributed by atoms with Gasteiger partial charge >= 0.3 is 12.0 Å². The highest BCUT2D eigenvalue weighted by Crippen LogP contribution is 2.28. The van der Waals surface area contributed by atoms with Crippen molar-refractivity contribution in [1.82, 2.24) is 19.8 Å². The van der Waals surface area contributed by atoms with E-state index in [1.54, 1.807) is 15.9 Å². The second-order valence-corrected chi connectivity index (χ2v) is 8.01. The number of nitrogens with one attached hydrogen (secondary N) is 2. The van der Waals surface area contributed by atoms with Crippen molar-refractivity contribution in [3.8, 4) is 0 Å².